The van der Waals surface area contributed by atoms with Gasteiger partial charge in [-0.1, -0.05) is 56.8 Å². The van der Waals surface area contributed by atoms with E-state index in [1.807, 2.05) is 71.0 Å². The Hall–Kier alpha value is -2.40. The van der Waals surface area contributed by atoms with E-state index in [0.717, 1.165) is 16.8 Å². The van der Waals surface area contributed by atoms with Gasteiger partial charge in [0.25, 0.3) is 5.56 Å². The van der Waals surface area contributed by atoms with Gasteiger partial charge in [-0.15, -0.1) is 0 Å². The topological polar surface area (TPSA) is 52.0 Å². The summed E-state index contributed by atoms with van der Waals surface area (Å²) in [5.41, 5.74) is 2.98. The van der Waals surface area contributed by atoms with Crippen LogP contribution in [0.4, 0.5) is 0 Å². The van der Waals surface area contributed by atoms with Crippen LogP contribution in [-0.2, 0) is 4.79 Å². The van der Waals surface area contributed by atoms with E-state index >= 15 is 0 Å². The van der Waals surface area contributed by atoms with Gasteiger partial charge in [0, 0.05) is 5.41 Å². The Balaban J connectivity index is 2.20. The Kier molecular flexibility index (Phi) is 5.24. The first-order chi connectivity index (χ1) is 12.7. The lowest BCUT2D eigenvalue weighted by Gasteiger charge is -2.18. The average Bonchev–Trinajstić information content (AvgIpc) is 2.61. The van der Waals surface area contributed by atoms with E-state index in [0.29, 0.717) is 16.1 Å². The molecule has 0 aliphatic heterocycles. The second-order valence-corrected chi connectivity index (χ2v) is 8.75. The first kappa shape index (κ1) is 19.4. The molecule has 1 aromatic heterocycles. The largest absolute Gasteiger partial charge is 0.298 e. The molecule has 0 spiro atoms. The highest BCUT2D eigenvalue weighted by Crippen LogP contribution is 2.26. The molecule has 0 N–H and O–H groups in total. The van der Waals surface area contributed by atoms with Crippen molar-refractivity contribution in [3.63, 3.8) is 0 Å². The summed E-state index contributed by atoms with van der Waals surface area (Å²) >= 11 is 1.32. The number of carbonyl (C=O) groups is 1. The standard InChI is InChI=1S/C22H24N2O2S/c1-14-10-11-15(2)18(12-14)24-20(26)16-8-6-7-9-17(16)23-21(24)27-13-19(25)22(3,4)5/h6-12H,13H2,1-5H3. The lowest BCUT2D eigenvalue weighted by molar-refractivity contribution is -0.123. The fourth-order valence-electron chi connectivity index (χ4n) is 2.73. The Morgan fingerprint density at radius 1 is 1.11 bits per heavy atom. The highest BCUT2D eigenvalue weighted by molar-refractivity contribution is 7.99. The summed E-state index contributed by atoms with van der Waals surface area (Å²) in [4.78, 5) is 30.4. The molecule has 2 aromatic carbocycles. The molecule has 5 heteroatoms. The van der Waals surface area contributed by atoms with Gasteiger partial charge in [0.15, 0.2) is 5.16 Å². The van der Waals surface area contributed by atoms with Crippen molar-refractivity contribution in [1.82, 2.24) is 9.55 Å². The van der Waals surface area contributed by atoms with Crippen molar-refractivity contribution in [2.45, 2.75) is 39.8 Å². The number of thioether (sulfide) groups is 1. The van der Waals surface area contributed by atoms with Gasteiger partial charge in [0.1, 0.15) is 5.78 Å². The number of hydrogen-bond acceptors (Lipinski definition) is 4. The number of benzene rings is 2. The number of para-hydroxylation sites is 1. The summed E-state index contributed by atoms with van der Waals surface area (Å²) in [5, 5.41) is 1.12. The molecule has 0 saturated heterocycles. The zero-order valence-corrected chi connectivity index (χ0v) is 17.2. The van der Waals surface area contributed by atoms with Gasteiger partial charge in [-0.25, -0.2) is 4.98 Å². The number of fused-ring (bicyclic) bond motifs is 1. The van der Waals surface area contributed by atoms with Crippen LogP contribution >= 0.6 is 11.8 Å². The fourth-order valence-corrected chi connectivity index (χ4v) is 3.90. The Bertz CT molecular complexity index is 1080. The number of hydrogen-bond donors (Lipinski definition) is 0. The van der Waals surface area contributed by atoms with Crippen LogP contribution in [0.2, 0.25) is 0 Å². The third-order valence-corrected chi connectivity index (χ3v) is 5.46. The van der Waals surface area contributed by atoms with Crippen molar-refractivity contribution in [3.05, 3.63) is 63.9 Å². The quantitative estimate of drug-likeness (QED) is 0.486. The predicted molar refractivity (Wildman–Crippen MR) is 112 cm³/mol. The Morgan fingerprint density at radius 2 is 1.81 bits per heavy atom. The molecule has 0 bridgehead atoms. The zero-order valence-electron chi connectivity index (χ0n) is 16.4. The molecular weight excluding hydrogens is 356 g/mol. The molecule has 0 aliphatic carbocycles. The minimum absolute atomic E-state index is 0.111. The third kappa shape index (κ3) is 3.98. The number of aromatic nitrogens is 2. The molecule has 1 heterocycles. The lowest BCUT2D eigenvalue weighted by atomic mass is 9.92. The maximum atomic E-state index is 13.3. The van der Waals surface area contributed by atoms with Gasteiger partial charge in [-0.2, -0.15) is 0 Å². The summed E-state index contributed by atoms with van der Waals surface area (Å²) in [6.07, 6.45) is 0. The molecule has 0 radical (unpaired) electrons. The molecule has 0 atom stereocenters. The minimum Gasteiger partial charge on any atom is -0.298 e. The first-order valence-electron chi connectivity index (χ1n) is 8.94. The van der Waals surface area contributed by atoms with E-state index in [-0.39, 0.29) is 17.1 Å². The van der Waals surface area contributed by atoms with Crippen LogP contribution < -0.4 is 5.56 Å². The third-order valence-electron chi connectivity index (χ3n) is 4.52. The van der Waals surface area contributed by atoms with E-state index in [1.165, 1.54) is 11.8 Å². The van der Waals surface area contributed by atoms with Crippen LogP contribution in [0.5, 0.6) is 0 Å². The van der Waals surface area contributed by atoms with Crippen molar-refractivity contribution >= 4 is 28.4 Å². The molecule has 0 unspecified atom stereocenters. The summed E-state index contributed by atoms with van der Waals surface area (Å²) in [7, 11) is 0. The second-order valence-electron chi connectivity index (χ2n) is 7.80. The SMILES string of the molecule is Cc1ccc(C)c(-n2c(SCC(=O)C(C)(C)C)nc3ccccc3c2=O)c1. The van der Waals surface area contributed by atoms with Gasteiger partial charge in [-0.3, -0.25) is 14.2 Å². The van der Waals surface area contributed by atoms with Gasteiger partial charge in [0.2, 0.25) is 0 Å². The van der Waals surface area contributed by atoms with Crippen molar-refractivity contribution in [1.29, 1.82) is 0 Å². The van der Waals surface area contributed by atoms with Gasteiger partial charge >= 0.3 is 0 Å². The van der Waals surface area contributed by atoms with Gasteiger partial charge in [-0.05, 0) is 43.2 Å². The second kappa shape index (κ2) is 7.31. The summed E-state index contributed by atoms with van der Waals surface area (Å²) in [6, 6.07) is 13.3. The Morgan fingerprint density at radius 3 is 2.52 bits per heavy atom. The smallest absolute Gasteiger partial charge is 0.266 e. The van der Waals surface area contributed by atoms with E-state index in [4.69, 9.17) is 4.98 Å². The van der Waals surface area contributed by atoms with E-state index < -0.39 is 5.41 Å². The molecule has 3 aromatic rings. The highest BCUT2D eigenvalue weighted by Gasteiger charge is 2.23. The molecule has 27 heavy (non-hydrogen) atoms. The number of aryl methyl sites for hydroxylation is 2. The number of Topliss-reactive ketones (excluding diaryl/α,β-unsaturated/α-hetero) is 1. The molecule has 0 aliphatic rings. The maximum absolute atomic E-state index is 13.3. The Labute approximate surface area is 163 Å². The van der Waals surface area contributed by atoms with Gasteiger partial charge < -0.3 is 0 Å². The molecule has 4 nitrogen and oxygen atoms in total. The number of ketones is 1. The minimum atomic E-state index is -0.422. The number of nitrogens with zero attached hydrogens (tertiary/aromatic N) is 2. The average molecular weight is 381 g/mol. The zero-order chi connectivity index (χ0) is 19.8. The van der Waals surface area contributed by atoms with Crippen LogP contribution in [0.15, 0.2) is 52.4 Å². The molecule has 0 fully saturated rings. The van der Waals surface area contributed by atoms with Crippen LogP contribution in [0.25, 0.3) is 16.6 Å². The first-order valence-corrected chi connectivity index (χ1v) is 9.92. The molecule has 3 rings (SSSR count). The van der Waals surface area contributed by atoms with Crippen LogP contribution in [0.1, 0.15) is 31.9 Å². The summed E-state index contributed by atoms with van der Waals surface area (Å²) in [6.45, 7) is 9.69. The molecule has 140 valence electrons. The maximum Gasteiger partial charge on any atom is 0.266 e. The van der Waals surface area contributed by atoms with E-state index in [9.17, 15) is 9.59 Å². The van der Waals surface area contributed by atoms with E-state index in [2.05, 4.69) is 0 Å². The lowest BCUT2D eigenvalue weighted by Crippen LogP contribution is -2.25. The molecular formula is C22H24N2O2S. The summed E-state index contributed by atoms with van der Waals surface area (Å²) in [5.74, 6) is 0.404. The van der Waals surface area contributed by atoms with Crippen molar-refractivity contribution < 1.29 is 4.79 Å². The summed E-state index contributed by atoms with van der Waals surface area (Å²) < 4.78 is 1.64. The van der Waals surface area contributed by atoms with Crippen molar-refractivity contribution in [2.24, 2.45) is 5.41 Å². The van der Waals surface area contributed by atoms with Crippen LogP contribution in [0.3, 0.4) is 0 Å². The van der Waals surface area contributed by atoms with Crippen LogP contribution in [-0.4, -0.2) is 21.1 Å². The molecule has 0 saturated carbocycles. The highest BCUT2D eigenvalue weighted by atomic mass is 32.2. The monoisotopic (exact) mass is 380 g/mol. The van der Waals surface area contributed by atoms with E-state index in [1.54, 1.807) is 10.6 Å². The van der Waals surface area contributed by atoms with Crippen molar-refractivity contribution in [3.8, 4) is 5.69 Å². The number of carbonyl (C=O) groups excluding carboxylic acids is 1. The van der Waals surface area contributed by atoms with Crippen LogP contribution in [0, 0.1) is 19.3 Å². The predicted octanol–water partition coefficient (Wildman–Crippen LogP) is 4.71. The van der Waals surface area contributed by atoms with Crippen molar-refractivity contribution in [2.75, 3.05) is 5.75 Å². The normalized spacial score (nSPS) is 11.7. The fraction of sp³-hybridized carbons (Fsp3) is 0.318. The molecule has 0 amide bonds. The van der Waals surface area contributed by atoms with Gasteiger partial charge in [0.05, 0.1) is 22.3 Å². The number of rotatable bonds is 4.